The third-order valence-corrected chi connectivity index (χ3v) is 6.38. The molecule has 0 saturated heterocycles. The zero-order valence-corrected chi connectivity index (χ0v) is 16.5. The zero-order chi connectivity index (χ0) is 18.7. The van der Waals surface area contributed by atoms with Crippen molar-refractivity contribution in [2.75, 3.05) is 13.6 Å². The average Bonchev–Trinajstić information content (AvgIpc) is 2.67. The van der Waals surface area contributed by atoms with Gasteiger partial charge in [0, 0.05) is 24.0 Å². The van der Waals surface area contributed by atoms with E-state index in [1.165, 1.54) is 16.7 Å². The van der Waals surface area contributed by atoms with E-state index in [-0.39, 0.29) is 5.41 Å². The van der Waals surface area contributed by atoms with Crippen molar-refractivity contribution in [3.63, 3.8) is 0 Å². The molecule has 0 aromatic heterocycles. The molecule has 140 valence electrons. The molecule has 2 N–H and O–H groups in total. The van der Waals surface area contributed by atoms with Crippen molar-refractivity contribution in [2.45, 2.75) is 57.7 Å². The molecule has 3 nitrogen and oxygen atoms in total. The number of likely N-dealkylation sites (N-methyl/N-ethyl adjacent to an activating group) is 1. The molecule has 3 rings (SSSR count). The minimum atomic E-state index is -0.0187. The first-order valence-electron chi connectivity index (χ1n) is 9.79. The van der Waals surface area contributed by atoms with Gasteiger partial charge in [0.25, 0.3) is 0 Å². The molecule has 2 aromatic carbocycles. The number of aromatic hydroxyl groups is 1. The Morgan fingerprint density at radius 2 is 1.88 bits per heavy atom. The van der Waals surface area contributed by atoms with E-state index in [0.717, 1.165) is 25.9 Å². The summed E-state index contributed by atoms with van der Waals surface area (Å²) in [5, 5.41) is 14.0. The maximum Gasteiger partial charge on any atom is 0.115 e. The number of fused-ring (bicyclic) bond motifs is 1. The Labute approximate surface area is 158 Å². The first-order valence-corrected chi connectivity index (χ1v) is 9.79. The monoisotopic (exact) mass is 352 g/mol. The number of benzene rings is 2. The van der Waals surface area contributed by atoms with Gasteiger partial charge in [0.2, 0.25) is 0 Å². The minimum absolute atomic E-state index is 0.0187. The summed E-state index contributed by atoms with van der Waals surface area (Å²) in [6.45, 7) is 8.73. The molecule has 0 bridgehead atoms. The highest BCUT2D eigenvalue weighted by molar-refractivity contribution is 5.44. The maximum atomic E-state index is 10.1. The molecule has 0 aliphatic heterocycles. The van der Waals surface area contributed by atoms with Crippen LogP contribution in [0.3, 0.4) is 0 Å². The molecule has 26 heavy (non-hydrogen) atoms. The van der Waals surface area contributed by atoms with Crippen molar-refractivity contribution in [3.05, 3.63) is 65.2 Å². The van der Waals surface area contributed by atoms with E-state index in [0.29, 0.717) is 17.8 Å². The molecule has 0 radical (unpaired) electrons. The fourth-order valence-electron chi connectivity index (χ4n) is 4.45. The second-order valence-corrected chi connectivity index (χ2v) is 7.80. The number of hydrogen-bond acceptors (Lipinski definition) is 3. The molecule has 0 fully saturated rings. The fraction of sp³-hybridized carbons (Fsp3) is 0.478. The Balaban J connectivity index is 1.98. The highest BCUT2D eigenvalue weighted by Crippen LogP contribution is 2.42. The number of phenolic OH excluding ortho intramolecular Hbond substituents is 1. The van der Waals surface area contributed by atoms with Gasteiger partial charge in [-0.05, 0) is 55.3 Å². The highest BCUT2D eigenvalue weighted by atomic mass is 16.3. The van der Waals surface area contributed by atoms with Crippen LogP contribution in [-0.2, 0) is 18.4 Å². The maximum absolute atomic E-state index is 10.1. The molecular weight excluding hydrogens is 320 g/mol. The van der Waals surface area contributed by atoms with Gasteiger partial charge in [-0.1, -0.05) is 57.2 Å². The lowest BCUT2D eigenvalue weighted by molar-refractivity contribution is 0.128. The van der Waals surface area contributed by atoms with Crippen molar-refractivity contribution in [1.29, 1.82) is 0 Å². The van der Waals surface area contributed by atoms with Crippen molar-refractivity contribution in [2.24, 2.45) is 0 Å². The van der Waals surface area contributed by atoms with Gasteiger partial charge in [-0.25, -0.2) is 0 Å². The third kappa shape index (κ3) is 3.51. The van der Waals surface area contributed by atoms with Crippen molar-refractivity contribution in [3.8, 4) is 5.75 Å². The summed E-state index contributed by atoms with van der Waals surface area (Å²) in [5.74, 6) is 0.368. The van der Waals surface area contributed by atoms with Crippen LogP contribution in [-0.4, -0.2) is 35.7 Å². The Morgan fingerprint density at radius 1 is 1.15 bits per heavy atom. The number of hydrogen-bond donors (Lipinski definition) is 2. The highest BCUT2D eigenvalue weighted by Gasteiger charge is 2.45. The van der Waals surface area contributed by atoms with E-state index in [2.05, 4.69) is 74.4 Å². The topological polar surface area (TPSA) is 35.5 Å². The Bertz CT molecular complexity index is 730. The summed E-state index contributed by atoms with van der Waals surface area (Å²) in [6.07, 6.45) is 2.05. The van der Waals surface area contributed by atoms with Gasteiger partial charge < -0.3 is 15.3 Å². The Morgan fingerprint density at radius 3 is 2.54 bits per heavy atom. The van der Waals surface area contributed by atoms with Crippen LogP contribution in [0.4, 0.5) is 0 Å². The van der Waals surface area contributed by atoms with Crippen LogP contribution in [0.5, 0.6) is 5.75 Å². The molecule has 3 heteroatoms. The van der Waals surface area contributed by atoms with Crippen molar-refractivity contribution in [1.82, 2.24) is 10.2 Å². The Kier molecular flexibility index (Phi) is 5.69. The average molecular weight is 353 g/mol. The third-order valence-electron chi connectivity index (χ3n) is 6.38. The van der Waals surface area contributed by atoms with Crippen LogP contribution in [0.1, 0.15) is 43.9 Å². The lowest BCUT2D eigenvalue weighted by atomic mass is 9.64. The predicted octanol–water partition coefficient (Wildman–Crippen LogP) is 4.09. The smallest absolute Gasteiger partial charge is 0.115 e. The van der Waals surface area contributed by atoms with E-state index in [1.54, 1.807) is 0 Å². The molecule has 0 spiro atoms. The molecule has 3 atom stereocenters. The van der Waals surface area contributed by atoms with Crippen LogP contribution >= 0.6 is 0 Å². The predicted molar refractivity (Wildman–Crippen MR) is 109 cm³/mol. The lowest BCUT2D eigenvalue weighted by Gasteiger charge is -2.50. The SMILES string of the molecule is CCN(C)[C@@H]1Cc2ccc(O)cc2[C@@](C)(CC)[C@H]1NCc1ccccc1. The second-order valence-electron chi connectivity index (χ2n) is 7.80. The van der Waals surface area contributed by atoms with E-state index in [4.69, 9.17) is 0 Å². The second kappa shape index (κ2) is 7.81. The molecule has 0 saturated carbocycles. The molecule has 0 heterocycles. The van der Waals surface area contributed by atoms with Crippen molar-refractivity contribution < 1.29 is 5.11 Å². The van der Waals surface area contributed by atoms with E-state index in [9.17, 15) is 5.11 Å². The van der Waals surface area contributed by atoms with Gasteiger partial charge in [0.05, 0.1) is 0 Å². The number of phenols is 1. The molecule has 0 amide bonds. The van der Waals surface area contributed by atoms with Gasteiger partial charge in [0.15, 0.2) is 0 Å². The van der Waals surface area contributed by atoms with Crippen LogP contribution in [0.2, 0.25) is 0 Å². The summed E-state index contributed by atoms with van der Waals surface area (Å²) in [5.41, 5.74) is 3.96. The zero-order valence-electron chi connectivity index (χ0n) is 16.5. The van der Waals surface area contributed by atoms with E-state index < -0.39 is 0 Å². The first kappa shape index (κ1) is 18.9. The van der Waals surface area contributed by atoms with E-state index in [1.807, 2.05) is 12.1 Å². The number of nitrogens with one attached hydrogen (secondary N) is 1. The molecule has 0 unspecified atom stereocenters. The van der Waals surface area contributed by atoms with Gasteiger partial charge in [-0.15, -0.1) is 0 Å². The fourth-order valence-corrected chi connectivity index (χ4v) is 4.45. The van der Waals surface area contributed by atoms with Crippen LogP contribution in [0.15, 0.2) is 48.5 Å². The first-order chi connectivity index (χ1) is 12.5. The molecule has 1 aliphatic carbocycles. The molecule has 1 aliphatic rings. The van der Waals surface area contributed by atoms with Gasteiger partial charge in [0.1, 0.15) is 5.75 Å². The normalized spacial score (nSPS) is 25.3. The van der Waals surface area contributed by atoms with Gasteiger partial charge in [-0.3, -0.25) is 0 Å². The van der Waals surface area contributed by atoms with Crippen molar-refractivity contribution >= 4 is 0 Å². The summed E-state index contributed by atoms with van der Waals surface area (Å²) in [7, 11) is 2.23. The van der Waals surface area contributed by atoms with Gasteiger partial charge >= 0.3 is 0 Å². The minimum Gasteiger partial charge on any atom is -0.508 e. The molecule has 2 aromatic rings. The lowest BCUT2D eigenvalue weighted by Crippen LogP contribution is -2.61. The van der Waals surface area contributed by atoms with Crippen LogP contribution in [0, 0.1) is 0 Å². The summed E-state index contributed by atoms with van der Waals surface area (Å²) in [6, 6.07) is 17.3. The quantitative estimate of drug-likeness (QED) is 0.822. The number of nitrogens with zero attached hydrogens (tertiary/aromatic N) is 1. The number of rotatable bonds is 6. The summed E-state index contributed by atoms with van der Waals surface area (Å²) >= 11 is 0. The summed E-state index contributed by atoms with van der Waals surface area (Å²) < 4.78 is 0. The summed E-state index contributed by atoms with van der Waals surface area (Å²) in [4.78, 5) is 2.46. The van der Waals surface area contributed by atoms with Crippen LogP contribution < -0.4 is 5.32 Å². The van der Waals surface area contributed by atoms with E-state index >= 15 is 0 Å². The van der Waals surface area contributed by atoms with Crippen LogP contribution in [0.25, 0.3) is 0 Å². The molecular formula is C23H32N2O. The van der Waals surface area contributed by atoms with Gasteiger partial charge in [-0.2, -0.15) is 0 Å². The standard InChI is InChI=1S/C23H32N2O/c1-5-23(3)20-15-19(26)13-12-18(20)14-21(25(4)6-2)22(23)24-16-17-10-8-7-9-11-17/h7-13,15,21-22,24,26H,5-6,14,16H2,1-4H3/t21-,22+,23-/m1/s1. The Hall–Kier alpha value is -1.84. The largest absolute Gasteiger partial charge is 0.508 e.